The molecule has 0 fully saturated rings. The highest BCUT2D eigenvalue weighted by Gasteiger charge is 2.26. The minimum Gasteiger partial charge on any atom is -0.443 e. The molecule has 0 bridgehead atoms. The molecule has 0 aromatic carbocycles. The van der Waals surface area contributed by atoms with Crippen molar-refractivity contribution in [2.24, 2.45) is 7.05 Å². The van der Waals surface area contributed by atoms with Gasteiger partial charge in [-0.1, -0.05) is 0 Å². The predicted molar refractivity (Wildman–Crippen MR) is 94.5 cm³/mol. The lowest BCUT2D eigenvalue weighted by Crippen LogP contribution is -2.32. The Morgan fingerprint density at radius 1 is 1.28 bits per heavy atom. The lowest BCUT2D eigenvalue weighted by Gasteiger charge is -2.23. The second kappa shape index (κ2) is 6.31. The van der Waals surface area contributed by atoms with E-state index < -0.39 is 5.60 Å². The number of nitrogens with zero attached hydrogens (tertiary/aromatic N) is 5. The number of carbonyl (C=O) groups is 1. The van der Waals surface area contributed by atoms with E-state index in [-0.39, 0.29) is 6.09 Å². The molecule has 2 aromatic heterocycles. The summed E-state index contributed by atoms with van der Waals surface area (Å²) in [5.41, 5.74) is 3.06. The Morgan fingerprint density at radius 3 is 2.68 bits per heavy atom. The van der Waals surface area contributed by atoms with Gasteiger partial charge in [0.25, 0.3) is 0 Å². The Bertz CT molecular complexity index is 832. The molecule has 0 N–H and O–H groups in total. The lowest BCUT2D eigenvalue weighted by atomic mass is 10.2. The number of rotatable bonds is 2. The molecular formula is C18H23N5O2. The van der Waals surface area contributed by atoms with Crippen molar-refractivity contribution in [2.45, 2.75) is 39.7 Å². The third-order valence-electron chi connectivity index (χ3n) is 3.70. The average Bonchev–Trinajstić information content (AvgIpc) is 3.13. The summed E-state index contributed by atoms with van der Waals surface area (Å²) in [6, 6.07) is 1.93. The van der Waals surface area contributed by atoms with E-state index in [1.165, 1.54) is 0 Å². The first kappa shape index (κ1) is 17.1. The van der Waals surface area contributed by atoms with Gasteiger partial charge < -0.3 is 4.74 Å². The molecule has 0 radical (unpaired) electrons. The molecule has 1 aliphatic rings. The van der Waals surface area contributed by atoms with Crippen LogP contribution >= 0.6 is 0 Å². The van der Waals surface area contributed by atoms with E-state index in [0.717, 1.165) is 22.5 Å². The normalized spacial score (nSPS) is 14.6. The SMILES string of the molecule is Cc1cc(-c2cnn(C)c2)nc(C2=CN(C(=O)OC(C)(C)C)CC2)n1. The second-order valence-electron chi connectivity index (χ2n) is 7.20. The molecule has 3 heterocycles. The Balaban J connectivity index is 1.86. The maximum atomic E-state index is 12.2. The molecule has 3 rings (SSSR count). The van der Waals surface area contributed by atoms with Gasteiger partial charge >= 0.3 is 6.09 Å². The largest absolute Gasteiger partial charge is 0.443 e. The molecule has 0 aliphatic carbocycles. The van der Waals surface area contributed by atoms with Gasteiger partial charge in [0, 0.05) is 42.8 Å². The minimum absolute atomic E-state index is 0.345. The molecular weight excluding hydrogens is 318 g/mol. The van der Waals surface area contributed by atoms with Gasteiger partial charge in [-0.25, -0.2) is 14.8 Å². The van der Waals surface area contributed by atoms with E-state index in [1.54, 1.807) is 22.0 Å². The number of ether oxygens (including phenoxy) is 1. The van der Waals surface area contributed by atoms with Crippen LogP contribution in [0.2, 0.25) is 0 Å². The van der Waals surface area contributed by atoms with E-state index in [0.29, 0.717) is 18.8 Å². The van der Waals surface area contributed by atoms with Crippen LogP contribution in [0.1, 0.15) is 38.7 Å². The van der Waals surface area contributed by atoms with E-state index in [4.69, 9.17) is 4.74 Å². The van der Waals surface area contributed by atoms with Gasteiger partial charge in [0.15, 0.2) is 5.82 Å². The molecule has 132 valence electrons. The van der Waals surface area contributed by atoms with Crippen LogP contribution < -0.4 is 0 Å². The molecule has 0 unspecified atom stereocenters. The number of aryl methyl sites for hydroxylation is 2. The van der Waals surface area contributed by atoms with Crippen molar-refractivity contribution in [3.63, 3.8) is 0 Å². The molecule has 0 saturated heterocycles. The van der Waals surface area contributed by atoms with Gasteiger partial charge in [-0.3, -0.25) is 9.58 Å². The zero-order valence-electron chi connectivity index (χ0n) is 15.3. The van der Waals surface area contributed by atoms with Gasteiger partial charge in [0.2, 0.25) is 0 Å². The highest BCUT2D eigenvalue weighted by Crippen LogP contribution is 2.26. The fourth-order valence-corrected chi connectivity index (χ4v) is 2.61. The van der Waals surface area contributed by atoms with Crippen molar-refractivity contribution in [3.8, 4) is 11.3 Å². The molecule has 0 atom stereocenters. The summed E-state index contributed by atoms with van der Waals surface area (Å²) in [5, 5.41) is 4.19. The van der Waals surface area contributed by atoms with Crippen LogP contribution in [-0.4, -0.2) is 42.9 Å². The smallest absolute Gasteiger partial charge is 0.414 e. The highest BCUT2D eigenvalue weighted by molar-refractivity contribution is 5.75. The third kappa shape index (κ3) is 4.04. The summed E-state index contributed by atoms with van der Waals surface area (Å²) in [7, 11) is 1.87. The molecule has 25 heavy (non-hydrogen) atoms. The van der Waals surface area contributed by atoms with Crippen molar-refractivity contribution in [3.05, 3.63) is 36.2 Å². The van der Waals surface area contributed by atoms with Crippen LogP contribution in [0.3, 0.4) is 0 Å². The number of hydrogen-bond acceptors (Lipinski definition) is 5. The second-order valence-corrected chi connectivity index (χ2v) is 7.20. The zero-order valence-corrected chi connectivity index (χ0v) is 15.3. The molecule has 1 amide bonds. The van der Waals surface area contributed by atoms with Crippen LogP contribution in [0.4, 0.5) is 4.79 Å². The van der Waals surface area contributed by atoms with E-state index in [9.17, 15) is 4.79 Å². The molecule has 0 saturated carbocycles. The summed E-state index contributed by atoms with van der Waals surface area (Å²) in [5.74, 6) is 0.643. The number of aromatic nitrogens is 4. The zero-order chi connectivity index (χ0) is 18.2. The summed E-state index contributed by atoms with van der Waals surface area (Å²) < 4.78 is 7.16. The standard InChI is InChI=1S/C18H23N5O2/c1-12-8-15(14-9-19-22(5)10-14)21-16(20-12)13-6-7-23(11-13)17(24)25-18(2,3)4/h8-11H,6-7H2,1-5H3. The van der Waals surface area contributed by atoms with Crippen LogP contribution in [0.25, 0.3) is 16.8 Å². The minimum atomic E-state index is -0.513. The lowest BCUT2D eigenvalue weighted by molar-refractivity contribution is 0.0349. The molecule has 7 heteroatoms. The molecule has 2 aromatic rings. The Kier molecular flexibility index (Phi) is 4.32. The first-order valence-corrected chi connectivity index (χ1v) is 8.27. The monoisotopic (exact) mass is 341 g/mol. The van der Waals surface area contributed by atoms with Gasteiger partial charge in [0.05, 0.1) is 11.9 Å². The Hall–Kier alpha value is -2.70. The average molecular weight is 341 g/mol. The van der Waals surface area contributed by atoms with Crippen molar-refractivity contribution < 1.29 is 9.53 Å². The number of hydrogen-bond donors (Lipinski definition) is 0. The summed E-state index contributed by atoms with van der Waals surface area (Å²) in [6.45, 7) is 8.08. The van der Waals surface area contributed by atoms with Crippen LogP contribution in [0.15, 0.2) is 24.7 Å². The van der Waals surface area contributed by atoms with Crippen molar-refractivity contribution in [2.75, 3.05) is 6.54 Å². The maximum Gasteiger partial charge on any atom is 0.414 e. The summed E-state index contributed by atoms with van der Waals surface area (Å²) >= 11 is 0. The van der Waals surface area contributed by atoms with Gasteiger partial charge in [-0.2, -0.15) is 5.10 Å². The Morgan fingerprint density at radius 2 is 2.04 bits per heavy atom. The van der Waals surface area contributed by atoms with Crippen LogP contribution in [-0.2, 0) is 11.8 Å². The first-order chi connectivity index (χ1) is 11.7. The van der Waals surface area contributed by atoms with Gasteiger partial charge in [-0.15, -0.1) is 0 Å². The van der Waals surface area contributed by atoms with E-state index in [2.05, 4.69) is 15.1 Å². The fourth-order valence-electron chi connectivity index (χ4n) is 2.61. The van der Waals surface area contributed by atoms with Gasteiger partial charge in [0.1, 0.15) is 5.60 Å². The maximum absolute atomic E-state index is 12.2. The van der Waals surface area contributed by atoms with E-state index >= 15 is 0 Å². The fraction of sp³-hybridized carbons (Fsp3) is 0.444. The van der Waals surface area contributed by atoms with Crippen molar-refractivity contribution in [1.82, 2.24) is 24.6 Å². The van der Waals surface area contributed by atoms with Gasteiger partial charge in [-0.05, 0) is 40.2 Å². The van der Waals surface area contributed by atoms with Crippen LogP contribution in [0.5, 0.6) is 0 Å². The summed E-state index contributed by atoms with van der Waals surface area (Å²) in [6.07, 6.45) is 5.84. The number of carbonyl (C=O) groups excluding carboxylic acids is 1. The van der Waals surface area contributed by atoms with E-state index in [1.807, 2.05) is 47.0 Å². The predicted octanol–water partition coefficient (Wildman–Crippen LogP) is 3.17. The molecule has 0 spiro atoms. The third-order valence-corrected chi connectivity index (χ3v) is 3.70. The topological polar surface area (TPSA) is 73.1 Å². The molecule has 7 nitrogen and oxygen atoms in total. The van der Waals surface area contributed by atoms with Crippen molar-refractivity contribution in [1.29, 1.82) is 0 Å². The summed E-state index contributed by atoms with van der Waals surface area (Å²) in [4.78, 5) is 23.0. The highest BCUT2D eigenvalue weighted by atomic mass is 16.6. The van der Waals surface area contributed by atoms with Crippen molar-refractivity contribution >= 4 is 11.7 Å². The Labute approximate surface area is 147 Å². The number of amides is 1. The van der Waals surface area contributed by atoms with Crippen LogP contribution in [0, 0.1) is 6.92 Å². The molecule has 1 aliphatic heterocycles. The quantitative estimate of drug-likeness (QED) is 0.839. The first-order valence-electron chi connectivity index (χ1n) is 8.27.